The van der Waals surface area contributed by atoms with Crippen molar-refractivity contribution in [2.75, 3.05) is 18.5 Å². The number of esters is 1. The summed E-state index contributed by atoms with van der Waals surface area (Å²) in [6.07, 6.45) is 0. The van der Waals surface area contributed by atoms with E-state index in [2.05, 4.69) is 10.3 Å². The minimum absolute atomic E-state index is 0.201. The number of hydrogen-bond donors (Lipinski definition) is 1. The van der Waals surface area contributed by atoms with E-state index in [1.54, 1.807) is 25.1 Å². The molecule has 0 aliphatic rings. The van der Waals surface area contributed by atoms with Gasteiger partial charge in [-0.25, -0.2) is 9.78 Å². The third kappa shape index (κ3) is 5.46. The summed E-state index contributed by atoms with van der Waals surface area (Å²) in [6, 6.07) is 9.69. The minimum atomic E-state index is -0.769. The van der Waals surface area contributed by atoms with Crippen LogP contribution in [0.1, 0.15) is 5.69 Å². The van der Waals surface area contributed by atoms with Crippen LogP contribution in [-0.4, -0.2) is 30.1 Å². The Labute approximate surface area is 192 Å². The zero-order valence-electron chi connectivity index (χ0n) is 15.5. The number of anilines is 1. The van der Waals surface area contributed by atoms with Crippen molar-refractivity contribution in [1.29, 1.82) is 0 Å². The molecule has 3 rings (SSSR count). The molecule has 0 radical (unpaired) electrons. The third-order valence-corrected chi connectivity index (χ3v) is 5.04. The monoisotopic (exact) mass is 486 g/mol. The molecule has 0 atom stereocenters. The number of aryl methyl sites for hydroxylation is 1. The molecule has 0 bridgehead atoms. The summed E-state index contributed by atoms with van der Waals surface area (Å²) in [5.41, 5.74) is 1.46. The van der Waals surface area contributed by atoms with Gasteiger partial charge in [-0.05, 0) is 43.3 Å². The number of pyridine rings is 1. The average molecular weight is 488 g/mol. The molecule has 1 N–H and O–H groups in total. The van der Waals surface area contributed by atoms with E-state index in [0.29, 0.717) is 31.7 Å². The van der Waals surface area contributed by atoms with Gasteiger partial charge in [-0.3, -0.25) is 4.79 Å². The fraction of sp³-hybridized carbons (Fsp3) is 0.150. The van der Waals surface area contributed by atoms with Crippen molar-refractivity contribution in [3.05, 3.63) is 62.2 Å². The lowest BCUT2D eigenvalue weighted by molar-refractivity contribution is -0.149. The molecule has 0 spiro atoms. The molecule has 1 heterocycles. The Morgan fingerprint density at radius 2 is 1.73 bits per heavy atom. The normalized spacial score (nSPS) is 10.7. The van der Waals surface area contributed by atoms with Gasteiger partial charge in [-0.1, -0.05) is 46.4 Å². The molecule has 156 valence electrons. The highest BCUT2D eigenvalue weighted by Gasteiger charge is 2.16. The summed E-state index contributed by atoms with van der Waals surface area (Å²) in [7, 11) is 0. The summed E-state index contributed by atoms with van der Waals surface area (Å²) in [5.74, 6) is -1.15. The number of carbonyl (C=O) groups excluding carboxylic acids is 2. The number of nitrogens with zero attached hydrogens (tertiary/aromatic N) is 1. The van der Waals surface area contributed by atoms with E-state index in [1.165, 1.54) is 18.2 Å². The van der Waals surface area contributed by atoms with Crippen LogP contribution in [0.15, 0.2) is 36.4 Å². The Balaban J connectivity index is 1.60. The first-order chi connectivity index (χ1) is 14.2. The van der Waals surface area contributed by atoms with E-state index in [4.69, 9.17) is 55.9 Å². The quantitative estimate of drug-likeness (QED) is 0.450. The highest BCUT2D eigenvalue weighted by Crippen LogP contribution is 2.37. The molecule has 1 amide bonds. The van der Waals surface area contributed by atoms with Crippen molar-refractivity contribution in [2.45, 2.75) is 6.92 Å². The first kappa shape index (κ1) is 22.4. The number of nitrogens with one attached hydrogen (secondary N) is 1. The molecule has 0 aliphatic heterocycles. The predicted octanol–water partition coefficient (Wildman–Crippen LogP) is 5.72. The summed E-state index contributed by atoms with van der Waals surface area (Å²) in [5, 5.41) is 4.45. The number of aromatic nitrogens is 1. The molecule has 0 saturated carbocycles. The second-order valence-electron chi connectivity index (χ2n) is 6.14. The number of carbonyl (C=O) groups is 2. The van der Waals surface area contributed by atoms with Gasteiger partial charge in [0, 0.05) is 16.1 Å². The molecule has 0 saturated heterocycles. The molecule has 10 heteroatoms. The zero-order chi connectivity index (χ0) is 21.8. The topological polar surface area (TPSA) is 77.5 Å². The molecule has 0 fully saturated rings. The van der Waals surface area contributed by atoms with Gasteiger partial charge in [0.2, 0.25) is 0 Å². The lowest BCUT2D eigenvalue weighted by Crippen LogP contribution is -2.23. The van der Waals surface area contributed by atoms with Gasteiger partial charge in [-0.2, -0.15) is 0 Å². The molecule has 30 heavy (non-hydrogen) atoms. The van der Waals surface area contributed by atoms with E-state index in [1.807, 2.05) is 0 Å². The first-order valence-electron chi connectivity index (χ1n) is 8.53. The summed E-state index contributed by atoms with van der Waals surface area (Å²) in [6.45, 7) is 0.797. The predicted molar refractivity (Wildman–Crippen MR) is 118 cm³/mol. The fourth-order valence-corrected chi connectivity index (χ4v) is 3.43. The molecule has 1 aromatic heterocycles. The molecule has 0 aliphatic carbocycles. The van der Waals surface area contributed by atoms with Gasteiger partial charge >= 0.3 is 5.97 Å². The van der Waals surface area contributed by atoms with Crippen LogP contribution in [0.4, 0.5) is 5.69 Å². The molecular weight excluding hydrogens is 474 g/mol. The number of hydrogen-bond acceptors (Lipinski definition) is 5. The third-order valence-electron chi connectivity index (χ3n) is 3.88. The average Bonchev–Trinajstić information content (AvgIpc) is 2.68. The maximum Gasteiger partial charge on any atom is 0.344 e. The van der Waals surface area contributed by atoms with Crippen LogP contribution >= 0.6 is 46.4 Å². The van der Waals surface area contributed by atoms with Crippen molar-refractivity contribution >= 4 is 74.9 Å². The largest absolute Gasteiger partial charge is 0.478 e. The second-order valence-corrected chi connectivity index (χ2v) is 7.80. The number of halogens is 4. The minimum Gasteiger partial charge on any atom is -0.478 e. The van der Waals surface area contributed by atoms with Gasteiger partial charge in [0.15, 0.2) is 19.0 Å². The molecule has 0 unspecified atom stereocenters. The Kier molecular flexibility index (Phi) is 7.26. The van der Waals surface area contributed by atoms with Crippen LogP contribution in [-0.2, 0) is 14.3 Å². The fourth-order valence-electron chi connectivity index (χ4n) is 2.53. The standard InChI is InChI=1S/C20H14Cl4N2O4/c1-10-2-4-12-14(23)7-15(24)20(19(12)25-10)30-9-18(28)29-8-17(27)26-16-6-11(21)3-5-13(16)22/h2-7H,8-9H2,1H3,(H,26,27). The van der Waals surface area contributed by atoms with Crippen LogP contribution < -0.4 is 10.1 Å². The lowest BCUT2D eigenvalue weighted by atomic mass is 10.2. The first-order valence-corrected chi connectivity index (χ1v) is 10.0. The Morgan fingerprint density at radius 3 is 2.50 bits per heavy atom. The van der Waals surface area contributed by atoms with Crippen molar-refractivity contribution in [2.24, 2.45) is 0 Å². The van der Waals surface area contributed by atoms with Gasteiger partial charge in [0.05, 0.1) is 20.8 Å². The van der Waals surface area contributed by atoms with Gasteiger partial charge < -0.3 is 14.8 Å². The molecule has 2 aromatic carbocycles. The van der Waals surface area contributed by atoms with Gasteiger partial charge in [0.25, 0.3) is 5.91 Å². The maximum absolute atomic E-state index is 12.0. The van der Waals surface area contributed by atoms with E-state index >= 15 is 0 Å². The van der Waals surface area contributed by atoms with Crippen molar-refractivity contribution in [3.63, 3.8) is 0 Å². The van der Waals surface area contributed by atoms with Crippen molar-refractivity contribution in [1.82, 2.24) is 4.98 Å². The molecule has 3 aromatic rings. The maximum atomic E-state index is 12.0. The van der Waals surface area contributed by atoms with Crippen LogP contribution in [0.2, 0.25) is 20.1 Å². The second kappa shape index (κ2) is 9.71. The smallest absolute Gasteiger partial charge is 0.344 e. The highest BCUT2D eigenvalue weighted by molar-refractivity contribution is 6.39. The molecular formula is C20H14Cl4N2O4. The Bertz CT molecular complexity index is 1140. The number of rotatable bonds is 6. The number of benzene rings is 2. The summed E-state index contributed by atoms with van der Waals surface area (Å²) in [4.78, 5) is 28.4. The van der Waals surface area contributed by atoms with E-state index in [-0.39, 0.29) is 10.8 Å². The highest BCUT2D eigenvalue weighted by atomic mass is 35.5. The SMILES string of the molecule is Cc1ccc2c(Cl)cc(Cl)c(OCC(=O)OCC(=O)Nc3cc(Cl)ccc3Cl)c2n1. The van der Waals surface area contributed by atoms with Gasteiger partial charge in [0.1, 0.15) is 5.52 Å². The van der Waals surface area contributed by atoms with Crippen LogP contribution in [0.5, 0.6) is 5.75 Å². The van der Waals surface area contributed by atoms with Crippen LogP contribution in [0.25, 0.3) is 10.9 Å². The Hall–Kier alpha value is -2.25. The zero-order valence-corrected chi connectivity index (χ0v) is 18.5. The van der Waals surface area contributed by atoms with Gasteiger partial charge in [-0.15, -0.1) is 0 Å². The Morgan fingerprint density at radius 1 is 0.967 bits per heavy atom. The summed E-state index contributed by atoms with van der Waals surface area (Å²) >= 11 is 24.2. The molecule has 6 nitrogen and oxygen atoms in total. The summed E-state index contributed by atoms with van der Waals surface area (Å²) < 4.78 is 10.4. The van der Waals surface area contributed by atoms with E-state index in [0.717, 1.165) is 5.69 Å². The number of amides is 1. The van der Waals surface area contributed by atoms with E-state index < -0.39 is 25.1 Å². The van der Waals surface area contributed by atoms with E-state index in [9.17, 15) is 9.59 Å². The van der Waals surface area contributed by atoms with Crippen molar-refractivity contribution < 1.29 is 19.1 Å². The number of ether oxygens (including phenoxy) is 2. The lowest BCUT2D eigenvalue weighted by Gasteiger charge is -2.12. The van der Waals surface area contributed by atoms with Crippen molar-refractivity contribution in [3.8, 4) is 5.75 Å². The number of fused-ring (bicyclic) bond motifs is 1. The van der Waals surface area contributed by atoms with Crippen LogP contribution in [0.3, 0.4) is 0 Å². The van der Waals surface area contributed by atoms with Crippen LogP contribution in [0, 0.1) is 6.92 Å².